The summed E-state index contributed by atoms with van der Waals surface area (Å²) in [6.07, 6.45) is 5.99. The van der Waals surface area contributed by atoms with Crippen molar-refractivity contribution in [2.45, 2.75) is 24.4 Å². The molecule has 0 saturated carbocycles. The monoisotopic (exact) mass is 356 g/mol. The van der Waals surface area contributed by atoms with Crippen molar-refractivity contribution in [3.63, 3.8) is 0 Å². The molecule has 0 aromatic rings. The number of imide groups is 2. The summed E-state index contributed by atoms with van der Waals surface area (Å²) in [4.78, 5) is 52.9. The molecule has 0 radical (unpaired) electrons. The fraction of sp³-hybridized carbons (Fsp3) is 0.556. The maximum Gasteiger partial charge on any atom is 0.236 e. The number of carbonyl (C=O) groups excluding carboxylic acids is 4. The Morgan fingerprint density at radius 1 is 0.577 bits per heavy atom. The minimum atomic E-state index is -0.463. The van der Waals surface area contributed by atoms with Gasteiger partial charge in [-0.25, -0.2) is 0 Å². The van der Waals surface area contributed by atoms with Gasteiger partial charge in [0.25, 0.3) is 0 Å². The van der Waals surface area contributed by atoms with Crippen molar-refractivity contribution in [2.24, 2.45) is 23.7 Å². The van der Waals surface area contributed by atoms with Crippen LogP contribution in [0.5, 0.6) is 0 Å². The van der Waals surface area contributed by atoms with Gasteiger partial charge in [0.05, 0.1) is 48.1 Å². The first-order valence-electron chi connectivity index (χ1n) is 8.94. The van der Waals surface area contributed by atoms with Crippen LogP contribution in [0.1, 0.15) is 0 Å². The molecule has 0 unspecified atom stereocenters. The number of nitrogens with zero attached hydrogens (tertiary/aromatic N) is 2. The van der Waals surface area contributed by atoms with E-state index in [1.54, 1.807) is 0 Å². The minimum Gasteiger partial charge on any atom is -0.365 e. The number of hydrogen-bond acceptors (Lipinski definition) is 6. The first-order valence-corrected chi connectivity index (χ1v) is 8.94. The molecule has 134 valence electrons. The van der Waals surface area contributed by atoms with Crippen LogP contribution in [-0.2, 0) is 28.7 Å². The third-order valence-electron chi connectivity index (χ3n) is 6.55. The molecule has 8 atom stereocenters. The average molecular weight is 356 g/mol. The lowest BCUT2D eigenvalue weighted by atomic mass is 9.85. The van der Waals surface area contributed by atoms with E-state index in [1.807, 2.05) is 24.3 Å². The fourth-order valence-electron chi connectivity index (χ4n) is 5.37. The Hall–Kier alpha value is -2.32. The van der Waals surface area contributed by atoms with E-state index in [-0.39, 0.29) is 61.1 Å². The zero-order valence-electron chi connectivity index (χ0n) is 13.7. The molecule has 8 heteroatoms. The Bertz CT molecular complexity index is 706. The van der Waals surface area contributed by atoms with Crippen molar-refractivity contribution in [3.05, 3.63) is 24.3 Å². The van der Waals surface area contributed by atoms with Gasteiger partial charge >= 0.3 is 0 Å². The van der Waals surface area contributed by atoms with Gasteiger partial charge in [-0.3, -0.25) is 29.0 Å². The predicted octanol–water partition coefficient (Wildman–Crippen LogP) is -1.14. The van der Waals surface area contributed by atoms with Gasteiger partial charge in [-0.2, -0.15) is 0 Å². The quantitative estimate of drug-likeness (QED) is 0.469. The second kappa shape index (κ2) is 4.69. The molecule has 4 amide bonds. The molecule has 26 heavy (non-hydrogen) atoms. The molecular weight excluding hydrogens is 340 g/mol. The van der Waals surface area contributed by atoms with Gasteiger partial charge in [-0.1, -0.05) is 24.3 Å². The van der Waals surface area contributed by atoms with E-state index in [0.717, 1.165) is 0 Å². The Morgan fingerprint density at radius 3 is 1.12 bits per heavy atom. The average Bonchev–Trinajstić information content (AvgIpc) is 3.43. The van der Waals surface area contributed by atoms with Crippen LogP contribution >= 0.6 is 0 Å². The van der Waals surface area contributed by atoms with Crippen LogP contribution in [0.3, 0.4) is 0 Å². The molecule has 4 fully saturated rings. The Kier molecular flexibility index (Phi) is 2.67. The maximum absolute atomic E-state index is 12.6. The molecule has 6 rings (SSSR count). The Balaban J connectivity index is 1.19. The van der Waals surface area contributed by atoms with Crippen LogP contribution in [0, 0.1) is 23.7 Å². The van der Waals surface area contributed by atoms with Crippen LogP contribution in [0.15, 0.2) is 24.3 Å². The van der Waals surface area contributed by atoms with Gasteiger partial charge in [0.2, 0.25) is 23.6 Å². The lowest BCUT2D eigenvalue weighted by Gasteiger charge is -2.22. The fourth-order valence-corrected chi connectivity index (χ4v) is 5.37. The van der Waals surface area contributed by atoms with Crippen molar-refractivity contribution in [2.75, 3.05) is 13.1 Å². The van der Waals surface area contributed by atoms with Crippen LogP contribution in [0.25, 0.3) is 0 Å². The van der Waals surface area contributed by atoms with Gasteiger partial charge in [0.15, 0.2) is 0 Å². The largest absolute Gasteiger partial charge is 0.365 e. The van der Waals surface area contributed by atoms with Gasteiger partial charge in [0, 0.05) is 13.1 Å². The standard InChI is InChI=1S/C18H16N2O6/c21-15-11-7-1-2-8(25-7)12(11)16(22)19(15)5-6-20-17(23)13-9-3-4-10(26-9)14(13)18(20)24/h1-4,7-14H,5-6H2/t7-,8-,9-,10-,11-,12+,13-,14+/m0/s1. The Labute approximate surface area is 148 Å². The van der Waals surface area contributed by atoms with E-state index < -0.39 is 23.7 Å². The summed E-state index contributed by atoms with van der Waals surface area (Å²) >= 11 is 0. The molecule has 0 aliphatic carbocycles. The van der Waals surface area contributed by atoms with Crippen molar-refractivity contribution in [3.8, 4) is 0 Å². The van der Waals surface area contributed by atoms with E-state index in [1.165, 1.54) is 9.80 Å². The van der Waals surface area contributed by atoms with Gasteiger partial charge in [-0.05, 0) is 0 Å². The lowest BCUT2D eigenvalue weighted by molar-refractivity contribution is -0.147. The van der Waals surface area contributed by atoms with Crippen LogP contribution < -0.4 is 0 Å². The summed E-state index contributed by atoms with van der Waals surface area (Å²) in [5.41, 5.74) is 0. The summed E-state index contributed by atoms with van der Waals surface area (Å²) in [7, 11) is 0. The van der Waals surface area contributed by atoms with Crippen molar-refractivity contribution in [1.29, 1.82) is 0 Å². The van der Waals surface area contributed by atoms with Crippen LogP contribution in [0.4, 0.5) is 0 Å². The molecule has 6 heterocycles. The van der Waals surface area contributed by atoms with E-state index >= 15 is 0 Å². The third-order valence-corrected chi connectivity index (χ3v) is 6.55. The van der Waals surface area contributed by atoms with Gasteiger partial charge in [-0.15, -0.1) is 0 Å². The Morgan fingerprint density at radius 2 is 0.846 bits per heavy atom. The van der Waals surface area contributed by atoms with Gasteiger partial charge < -0.3 is 9.47 Å². The number of amides is 4. The molecular formula is C18H16N2O6. The maximum atomic E-state index is 12.6. The molecule has 4 bridgehead atoms. The highest BCUT2D eigenvalue weighted by molar-refractivity contribution is 6.08. The molecule has 4 saturated heterocycles. The van der Waals surface area contributed by atoms with Crippen molar-refractivity contribution in [1.82, 2.24) is 9.80 Å². The first-order chi connectivity index (χ1) is 12.6. The summed E-state index contributed by atoms with van der Waals surface area (Å²) < 4.78 is 11.2. The van der Waals surface area contributed by atoms with E-state index in [0.29, 0.717) is 0 Å². The molecule has 0 aromatic heterocycles. The molecule has 6 aliphatic heterocycles. The van der Waals surface area contributed by atoms with E-state index in [2.05, 4.69) is 0 Å². The number of ether oxygens (including phenoxy) is 2. The highest BCUT2D eigenvalue weighted by Gasteiger charge is 2.62. The molecule has 0 N–H and O–H groups in total. The number of likely N-dealkylation sites (tertiary alicyclic amines) is 2. The normalized spacial score (nSPS) is 47.1. The first kappa shape index (κ1) is 14.8. The highest BCUT2D eigenvalue weighted by atomic mass is 16.5. The van der Waals surface area contributed by atoms with E-state index in [9.17, 15) is 19.2 Å². The summed E-state index contributed by atoms with van der Waals surface area (Å²) in [6.45, 7) is 0.0926. The number of hydrogen-bond donors (Lipinski definition) is 0. The molecule has 0 spiro atoms. The predicted molar refractivity (Wildman–Crippen MR) is 83.0 cm³/mol. The molecule has 8 nitrogen and oxygen atoms in total. The van der Waals surface area contributed by atoms with E-state index in [4.69, 9.17) is 9.47 Å². The van der Waals surface area contributed by atoms with Crippen LogP contribution in [0.2, 0.25) is 0 Å². The lowest BCUT2D eigenvalue weighted by Crippen LogP contribution is -2.43. The van der Waals surface area contributed by atoms with Crippen LogP contribution in [-0.4, -0.2) is 70.9 Å². The minimum absolute atomic E-state index is 0.0463. The SMILES string of the molecule is O=C1[C@@H]2[C@H](C(=O)N1CCN1C(=O)[C@@H]3[C@H](C1=O)[C@@H]1C=C[C@@H]3O1)[C@@H]1C=C[C@@H]2O1. The zero-order chi connectivity index (χ0) is 17.7. The molecule has 0 aromatic carbocycles. The van der Waals surface area contributed by atoms with Crippen molar-refractivity contribution >= 4 is 23.6 Å². The third kappa shape index (κ3) is 1.58. The van der Waals surface area contributed by atoms with Gasteiger partial charge in [0.1, 0.15) is 0 Å². The number of rotatable bonds is 3. The summed E-state index contributed by atoms with van der Waals surface area (Å²) in [6, 6.07) is 0. The second-order valence-corrected chi connectivity index (χ2v) is 7.66. The molecule has 6 aliphatic rings. The highest BCUT2D eigenvalue weighted by Crippen LogP contribution is 2.46. The summed E-state index contributed by atoms with van der Waals surface area (Å²) in [5, 5.41) is 0. The second-order valence-electron chi connectivity index (χ2n) is 7.66. The number of fused-ring (bicyclic) bond motifs is 10. The topological polar surface area (TPSA) is 93.2 Å². The summed E-state index contributed by atoms with van der Waals surface area (Å²) in [5.74, 6) is -2.90. The number of carbonyl (C=O) groups is 4. The zero-order valence-corrected chi connectivity index (χ0v) is 13.7. The smallest absolute Gasteiger partial charge is 0.236 e. The van der Waals surface area contributed by atoms with Crippen molar-refractivity contribution < 1.29 is 28.7 Å².